The van der Waals surface area contributed by atoms with Gasteiger partial charge in [-0.1, -0.05) is 12.1 Å². The maximum Gasteiger partial charge on any atom is 0.221 e. The lowest BCUT2D eigenvalue weighted by Gasteiger charge is -2.14. The Kier molecular flexibility index (Phi) is 15.4. The van der Waals surface area contributed by atoms with Gasteiger partial charge in [0.1, 0.15) is 5.75 Å². The fraction of sp³-hybridized carbons (Fsp3) is 0.619. The number of nitrogens with zero attached hydrogens (tertiary/aromatic N) is 1. The summed E-state index contributed by atoms with van der Waals surface area (Å²) >= 11 is 0. The molecule has 0 fully saturated rings. The van der Waals surface area contributed by atoms with Gasteiger partial charge in [0.25, 0.3) is 0 Å². The Balaban J connectivity index is 0.00000784. The molecule has 0 radical (unpaired) electrons. The number of ether oxygens (including phenoxy) is 2. The fourth-order valence-corrected chi connectivity index (χ4v) is 2.51. The van der Waals surface area contributed by atoms with Crippen LogP contribution in [0, 0.1) is 6.92 Å². The molecular formula is C21H37IN4O3. The number of carbonyl (C=O) groups excluding carboxylic acids is 1. The number of hydrogen-bond donors (Lipinski definition) is 3. The van der Waals surface area contributed by atoms with Gasteiger partial charge in [-0.05, 0) is 39.3 Å². The number of halogens is 1. The Morgan fingerprint density at radius 3 is 2.62 bits per heavy atom. The lowest BCUT2D eigenvalue weighted by molar-refractivity contribution is -0.121. The van der Waals surface area contributed by atoms with Crippen LogP contribution in [0.4, 0.5) is 0 Å². The van der Waals surface area contributed by atoms with Crippen molar-refractivity contribution in [3.05, 3.63) is 29.3 Å². The molecule has 0 aliphatic heterocycles. The predicted molar refractivity (Wildman–Crippen MR) is 129 cm³/mol. The second kappa shape index (κ2) is 16.3. The van der Waals surface area contributed by atoms with Crippen molar-refractivity contribution in [1.82, 2.24) is 16.0 Å². The molecule has 0 saturated heterocycles. The largest absolute Gasteiger partial charge is 0.493 e. The Morgan fingerprint density at radius 1 is 1.21 bits per heavy atom. The summed E-state index contributed by atoms with van der Waals surface area (Å²) in [5.74, 6) is 1.57. The minimum absolute atomic E-state index is 0. The van der Waals surface area contributed by atoms with E-state index in [1.54, 1.807) is 7.11 Å². The lowest BCUT2D eigenvalue weighted by Crippen LogP contribution is -2.40. The van der Waals surface area contributed by atoms with E-state index < -0.39 is 0 Å². The van der Waals surface area contributed by atoms with Crippen LogP contribution in [0.2, 0.25) is 0 Å². The van der Waals surface area contributed by atoms with Crippen molar-refractivity contribution in [2.24, 2.45) is 4.99 Å². The van der Waals surface area contributed by atoms with Crippen LogP contribution in [0.1, 0.15) is 44.7 Å². The summed E-state index contributed by atoms with van der Waals surface area (Å²) in [6.07, 6.45) is 1.25. The van der Waals surface area contributed by atoms with Crippen molar-refractivity contribution >= 4 is 35.8 Å². The summed E-state index contributed by atoms with van der Waals surface area (Å²) < 4.78 is 11.0. The van der Waals surface area contributed by atoms with E-state index in [2.05, 4.69) is 27.0 Å². The maximum absolute atomic E-state index is 11.8. The number of aliphatic imine (C=N–C) groups is 1. The second-order valence-electron chi connectivity index (χ2n) is 6.90. The van der Waals surface area contributed by atoms with Crippen LogP contribution in [-0.2, 0) is 16.1 Å². The number of amides is 1. The molecule has 0 unspecified atom stereocenters. The molecule has 29 heavy (non-hydrogen) atoms. The topological polar surface area (TPSA) is 84.0 Å². The molecule has 0 heterocycles. The van der Waals surface area contributed by atoms with Gasteiger partial charge in [0.15, 0.2) is 5.96 Å². The Labute approximate surface area is 192 Å². The average Bonchev–Trinajstić information content (AvgIpc) is 2.63. The van der Waals surface area contributed by atoms with Gasteiger partial charge < -0.3 is 25.4 Å². The maximum atomic E-state index is 11.8. The van der Waals surface area contributed by atoms with E-state index in [4.69, 9.17) is 9.47 Å². The third-order valence-corrected chi connectivity index (χ3v) is 3.82. The summed E-state index contributed by atoms with van der Waals surface area (Å²) in [7, 11) is 1.69. The van der Waals surface area contributed by atoms with E-state index in [0.717, 1.165) is 29.8 Å². The number of rotatable bonds is 12. The molecule has 7 nitrogen and oxygen atoms in total. The molecule has 166 valence electrons. The van der Waals surface area contributed by atoms with E-state index in [1.165, 1.54) is 0 Å². The summed E-state index contributed by atoms with van der Waals surface area (Å²) in [6.45, 7) is 11.0. The molecule has 1 amide bonds. The van der Waals surface area contributed by atoms with Crippen LogP contribution in [0.3, 0.4) is 0 Å². The first kappa shape index (κ1) is 27.5. The van der Waals surface area contributed by atoms with Gasteiger partial charge in [-0.3, -0.25) is 4.79 Å². The highest BCUT2D eigenvalue weighted by atomic mass is 127. The van der Waals surface area contributed by atoms with Crippen molar-refractivity contribution in [1.29, 1.82) is 0 Å². The number of aryl methyl sites for hydroxylation is 1. The third kappa shape index (κ3) is 12.6. The minimum atomic E-state index is 0. The van der Waals surface area contributed by atoms with Crippen molar-refractivity contribution in [3.63, 3.8) is 0 Å². The molecule has 8 heteroatoms. The molecule has 0 atom stereocenters. The molecule has 0 saturated carbocycles. The Morgan fingerprint density at radius 2 is 1.97 bits per heavy atom. The molecule has 0 aromatic heterocycles. The first-order chi connectivity index (χ1) is 13.5. The van der Waals surface area contributed by atoms with Gasteiger partial charge in [0, 0.05) is 51.3 Å². The lowest BCUT2D eigenvalue weighted by atomic mass is 10.1. The average molecular weight is 520 g/mol. The van der Waals surface area contributed by atoms with Crippen LogP contribution in [0.25, 0.3) is 0 Å². The molecule has 0 spiro atoms. The molecule has 1 aromatic rings. The standard InChI is InChI=1S/C21H36N4O3.HI/c1-6-22-21(23-11-10-20(26)25-16(2)3)24-15-18-9-8-17(4)14-19(18)28-13-7-12-27-5;/h8-9,14,16H,6-7,10-13,15H2,1-5H3,(H,25,26)(H2,22,23,24);1H. The molecule has 0 bridgehead atoms. The number of carbonyl (C=O) groups is 1. The molecule has 0 aliphatic carbocycles. The Bertz CT molecular complexity index is 624. The van der Waals surface area contributed by atoms with Gasteiger partial charge in [-0.25, -0.2) is 4.99 Å². The summed E-state index contributed by atoms with van der Waals surface area (Å²) in [5, 5.41) is 9.30. The monoisotopic (exact) mass is 520 g/mol. The van der Waals surface area contributed by atoms with E-state index in [0.29, 0.717) is 38.7 Å². The number of nitrogens with one attached hydrogen (secondary N) is 3. The highest BCUT2D eigenvalue weighted by molar-refractivity contribution is 14.0. The summed E-state index contributed by atoms with van der Waals surface area (Å²) in [5.41, 5.74) is 2.17. The molecule has 0 aliphatic rings. The number of methoxy groups -OCH3 is 1. The summed E-state index contributed by atoms with van der Waals surface area (Å²) in [4.78, 5) is 16.4. The Hall–Kier alpha value is -1.55. The third-order valence-electron chi connectivity index (χ3n) is 3.82. The quantitative estimate of drug-likeness (QED) is 0.171. The zero-order valence-electron chi connectivity index (χ0n) is 18.3. The smallest absolute Gasteiger partial charge is 0.221 e. The number of hydrogen-bond acceptors (Lipinski definition) is 4. The molecule has 3 N–H and O–H groups in total. The van der Waals surface area contributed by atoms with E-state index in [-0.39, 0.29) is 35.9 Å². The van der Waals surface area contributed by atoms with Gasteiger partial charge in [-0.2, -0.15) is 0 Å². The first-order valence-corrected chi connectivity index (χ1v) is 9.99. The van der Waals surface area contributed by atoms with Crippen molar-refractivity contribution in [2.75, 3.05) is 33.4 Å². The highest BCUT2D eigenvalue weighted by Crippen LogP contribution is 2.21. The normalized spacial score (nSPS) is 11.0. The first-order valence-electron chi connectivity index (χ1n) is 9.99. The number of benzene rings is 1. The van der Waals surface area contributed by atoms with Crippen LogP contribution in [0.5, 0.6) is 5.75 Å². The molecule has 1 rings (SSSR count). The highest BCUT2D eigenvalue weighted by Gasteiger charge is 2.07. The molecule has 1 aromatic carbocycles. The second-order valence-corrected chi connectivity index (χ2v) is 6.90. The zero-order chi connectivity index (χ0) is 20.8. The van der Waals surface area contributed by atoms with E-state index in [1.807, 2.05) is 39.8 Å². The zero-order valence-corrected chi connectivity index (χ0v) is 20.7. The van der Waals surface area contributed by atoms with Gasteiger partial charge in [0.05, 0.1) is 13.2 Å². The van der Waals surface area contributed by atoms with Crippen LogP contribution < -0.4 is 20.7 Å². The van der Waals surface area contributed by atoms with Crippen molar-refractivity contribution in [2.45, 2.75) is 53.1 Å². The van der Waals surface area contributed by atoms with Gasteiger partial charge >= 0.3 is 0 Å². The SMILES string of the molecule is CCNC(=NCc1ccc(C)cc1OCCCOC)NCCC(=O)NC(C)C.I. The van der Waals surface area contributed by atoms with Crippen LogP contribution in [0.15, 0.2) is 23.2 Å². The van der Waals surface area contributed by atoms with E-state index >= 15 is 0 Å². The van der Waals surface area contributed by atoms with E-state index in [9.17, 15) is 4.79 Å². The predicted octanol–water partition coefficient (Wildman–Crippen LogP) is 3.00. The molecular weight excluding hydrogens is 483 g/mol. The minimum Gasteiger partial charge on any atom is -0.493 e. The summed E-state index contributed by atoms with van der Waals surface area (Å²) in [6, 6.07) is 6.29. The fourth-order valence-electron chi connectivity index (χ4n) is 2.51. The van der Waals surface area contributed by atoms with Gasteiger partial charge in [0.2, 0.25) is 5.91 Å². The van der Waals surface area contributed by atoms with Gasteiger partial charge in [-0.15, -0.1) is 24.0 Å². The van der Waals surface area contributed by atoms with Crippen LogP contribution >= 0.6 is 24.0 Å². The number of guanidine groups is 1. The van der Waals surface area contributed by atoms with Crippen LogP contribution in [-0.4, -0.2) is 51.3 Å². The van der Waals surface area contributed by atoms with Crippen molar-refractivity contribution < 1.29 is 14.3 Å². The van der Waals surface area contributed by atoms with Crippen molar-refractivity contribution in [3.8, 4) is 5.75 Å².